The van der Waals surface area contributed by atoms with Crippen LogP contribution in [0.5, 0.6) is 11.5 Å². The fourth-order valence-electron chi connectivity index (χ4n) is 3.24. The van der Waals surface area contributed by atoms with Gasteiger partial charge in [-0.3, -0.25) is 9.69 Å². The van der Waals surface area contributed by atoms with Crippen molar-refractivity contribution >= 4 is 5.91 Å². The van der Waals surface area contributed by atoms with Gasteiger partial charge in [0.25, 0.3) is 0 Å². The number of hydrogen-bond donors (Lipinski definition) is 2. The molecule has 0 aromatic heterocycles. The zero-order valence-corrected chi connectivity index (χ0v) is 16.0. The molecule has 6 nitrogen and oxygen atoms in total. The molecule has 0 spiro atoms. The number of benzene rings is 1. The second-order valence-corrected chi connectivity index (χ2v) is 7.44. The minimum atomic E-state index is -0.174. The molecule has 1 saturated heterocycles. The van der Waals surface area contributed by atoms with Gasteiger partial charge >= 0.3 is 0 Å². The third-order valence-corrected chi connectivity index (χ3v) is 5.18. The Kier molecular flexibility index (Phi) is 6.30. The Balaban J connectivity index is 1.93. The average Bonchev–Trinajstić information content (AvgIpc) is 2.60. The lowest BCUT2D eigenvalue weighted by atomic mass is 9.79. The number of likely N-dealkylation sites (tertiary alicyclic amines) is 1. The quantitative estimate of drug-likeness (QED) is 0.818. The van der Waals surface area contributed by atoms with E-state index in [-0.39, 0.29) is 23.4 Å². The third-order valence-electron chi connectivity index (χ3n) is 5.18. The third kappa shape index (κ3) is 4.64. The Labute approximate surface area is 150 Å². The van der Waals surface area contributed by atoms with Crippen molar-refractivity contribution in [2.45, 2.75) is 45.8 Å². The van der Waals surface area contributed by atoms with Crippen molar-refractivity contribution in [3.8, 4) is 11.5 Å². The molecule has 0 saturated carbocycles. The number of nitrogens with two attached hydrogens (primary N) is 1. The van der Waals surface area contributed by atoms with Gasteiger partial charge in [0.1, 0.15) is 0 Å². The Morgan fingerprint density at radius 1 is 1.36 bits per heavy atom. The molecule has 0 bridgehead atoms. The lowest BCUT2D eigenvalue weighted by Crippen LogP contribution is -2.57. The topological polar surface area (TPSA) is 76.8 Å². The fraction of sp³-hybridized carbons (Fsp3) is 0.632. The van der Waals surface area contributed by atoms with Crippen LogP contribution in [-0.2, 0) is 11.3 Å². The second kappa shape index (κ2) is 8.06. The SMILES string of the molecule is COc1ccc(CNC(=O)C(C)N2CCC(N)C(C)(C)C2)cc1OC. The minimum Gasteiger partial charge on any atom is -0.493 e. The highest BCUT2D eigenvalue weighted by atomic mass is 16.5. The van der Waals surface area contributed by atoms with Gasteiger partial charge in [-0.05, 0) is 36.5 Å². The van der Waals surface area contributed by atoms with Crippen LogP contribution in [0, 0.1) is 5.41 Å². The summed E-state index contributed by atoms with van der Waals surface area (Å²) in [6.07, 6.45) is 0.917. The molecule has 1 amide bonds. The van der Waals surface area contributed by atoms with Gasteiger partial charge in [-0.2, -0.15) is 0 Å². The summed E-state index contributed by atoms with van der Waals surface area (Å²) in [4.78, 5) is 14.8. The number of amides is 1. The highest BCUT2D eigenvalue weighted by molar-refractivity contribution is 5.81. The molecule has 1 aromatic rings. The Morgan fingerprint density at radius 3 is 2.64 bits per heavy atom. The van der Waals surface area contributed by atoms with Gasteiger partial charge in [0, 0.05) is 25.7 Å². The van der Waals surface area contributed by atoms with Crippen LogP contribution in [0.25, 0.3) is 0 Å². The molecule has 25 heavy (non-hydrogen) atoms. The van der Waals surface area contributed by atoms with Crippen molar-refractivity contribution in [1.82, 2.24) is 10.2 Å². The van der Waals surface area contributed by atoms with E-state index in [0.29, 0.717) is 18.0 Å². The van der Waals surface area contributed by atoms with Crippen LogP contribution < -0.4 is 20.5 Å². The number of hydrogen-bond acceptors (Lipinski definition) is 5. The van der Waals surface area contributed by atoms with Gasteiger partial charge < -0.3 is 20.5 Å². The van der Waals surface area contributed by atoms with Crippen molar-refractivity contribution < 1.29 is 14.3 Å². The van der Waals surface area contributed by atoms with E-state index in [0.717, 1.165) is 25.1 Å². The zero-order chi connectivity index (χ0) is 18.6. The Morgan fingerprint density at radius 2 is 2.04 bits per heavy atom. The van der Waals surface area contributed by atoms with Crippen molar-refractivity contribution in [2.75, 3.05) is 27.3 Å². The first-order valence-electron chi connectivity index (χ1n) is 8.76. The maximum atomic E-state index is 12.5. The summed E-state index contributed by atoms with van der Waals surface area (Å²) in [5, 5.41) is 3.02. The van der Waals surface area contributed by atoms with Gasteiger partial charge in [0.15, 0.2) is 11.5 Å². The predicted octanol–water partition coefficient (Wildman–Crippen LogP) is 1.77. The number of piperidine rings is 1. The summed E-state index contributed by atoms with van der Waals surface area (Å²) in [7, 11) is 3.21. The van der Waals surface area contributed by atoms with E-state index < -0.39 is 0 Å². The van der Waals surface area contributed by atoms with E-state index in [1.54, 1.807) is 14.2 Å². The molecule has 2 atom stereocenters. The molecule has 6 heteroatoms. The predicted molar refractivity (Wildman–Crippen MR) is 98.8 cm³/mol. The minimum absolute atomic E-state index is 0.0239. The van der Waals surface area contributed by atoms with Gasteiger partial charge in [-0.15, -0.1) is 0 Å². The van der Waals surface area contributed by atoms with Crippen molar-refractivity contribution in [2.24, 2.45) is 11.1 Å². The van der Waals surface area contributed by atoms with Crippen LogP contribution in [0.4, 0.5) is 0 Å². The van der Waals surface area contributed by atoms with Gasteiger partial charge in [0.05, 0.1) is 20.3 Å². The molecule has 2 rings (SSSR count). The molecule has 1 aromatic carbocycles. The lowest BCUT2D eigenvalue weighted by molar-refractivity contribution is -0.127. The van der Waals surface area contributed by atoms with Crippen molar-refractivity contribution in [1.29, 1.82) is 0 Å². The number of carbonyl (C=O) groups is 1. The molecule has 0 radical (unpaired) electrons. The maximum absolute atomic E-state index is 12.5. The summed E-state index contributed by atoms with van der Waals surface area (Å²) in [6.45, 7) is 8.43. The van der Waals surface area contributed by atoms with Crippen LogP contribution in [0.3, 0.4) is 0 Å². The number of carbonyl (C=O) groups excluding carboxylic acids is 1. The lowest BCUT2D eigenvalue weighted by Gasteiger charge is -2.44. The van der Waals surface area contributed by atoms with Crippen LogP contribution in [0.1, 0.15) is 32.8 Å². The van der Waals surface area contributed by atoms with Crippen LogP contribution >= 0.6 is 0 Å². The molecule has 1 aliphatic rings. The molecule has 2 unspecified atom stereocenters. The zero-order valence-electron chi connectivity index (χ0n) is 16.0. The molecule has 0 aliphatic carbocycles. The highest BCUT2D eigenvalue weighted by Gasteiger charge is 2.36. The monoisotopic (exact) mass is 349 g/mol. The van der Waals surface area contributed by atoms with Crippen LogP contribution in [0.15, 0.2) is 18.2 Å². The molecular weight excluding hydrogens is 318 g/mol. The van der Waals surface area contributed by atoms with Gasteiger partial charge in [-0.25, -0.2) is 0 Å². The first-order chi connectivity index (χ1) is 11.8. The molecule has 1 fully saturated rings. The van der Waals surface area contributed by atoms with Gasteiger partial charge in [0.2, 0.25) is 5.91 Å². The van der Waals surface area contributed by atoms with E-state index >= 15 is 0 Å². The van der Waals surface area contributed by atoms with Crippen LogP contribution in [-0.4, -0.2) is 50.2 Å². The van der Waals surface area contributed by atoms with E-state index in [9.17, 15) is 4.79 Å². The largest absolute Gasteiger partial charge is 0.493 e. The first-order valence-corrected chi connectivity index (χ1v) is 8.76. The van der Waals surface area contributed by atoms with Crippen LogP contribution in [0.2, 0.25) is 0 Å². The summed E-state index contributed by atoms with van der Waals surface area (Å²) >= 11 is 0. The molecule has 140 valence electrons. The molecule has 3 N–H and O–H groups in total. The van der Waals surface area contributed by atoms with E-state index in [2.05, 4.69) is 24.1 Å². The number of methoxy groups -OCH3 is 2. The summed E-state index contributed by atoms with van der Waals surface area (Å²) in [5.74, 6) is 1.37. The number of rotatable bonds is 6. The fourth-order valence-corrected chi connectivity index (χ4v) is 3.24. The van der Waals surface area contributed by atoms with Crippen molar-refractivity contribution in [3.05, 3.63) is 23.8 Å². The van der Waals surface area contributed by atoms with Gasteiger partial charge in [-0.1, -0.05) is 19.9 Å². The summed E-state index contributed by atoms with van der Waals surface area (Å²) in [6, 6.07) is 5.66. The van der Waals surface area contributed by atoms with E-state index in [4.69, 9.17) is 15.2 Å². The first kappa shape index (κ1) is 19.5. The highest BCUT2D eigenvalue weighted by Crippen LogP contribution is 2.29. The Bertz CT molecular complexity index is 604. The summed E-state index contributed by atoms with van der Waals surface area (Å²) < 4.78 is 10.5. The Hall–Kier alpha value is -1.79. The maximum Gasteiger partial charge on any atom is 0.237 e. The molecule has 1 heterocycles. The van der Waals surface area contributed by atoms with Crippen molar-refractivity contribution in [3.63, 3.8) is 0 Å². The normalized spacial score (nSPS) is 21.4. The average molecular weight is 349 g/mol. The van der Waals surface area contributed by atoms with E-state index in [1.807, 2.05) is 25.1 Å². The molecule has 1 aliphatic heterocycles. The van der Waals surface area contributed by atoms with E-state index in [1.165, 1.54) is 0 Å². The summed E-state index contributed by atoms with van der Waals surface area (Å²) in [5.41, 5.74) is 7.18. The number of ether oxygens (including phenoxy) is 2. The smallest absolute Gasteiger partial charge is 0.237 e. The number of nitrogens with zero attached hydrogens (tertiary/aromatic N) is 1. The molecular formula is C19H31N3O3. The second-order valence-electron chi connectivity index (χ2n) is 7.44. The number of nitrogens with one attached hydrogen (secondary N) is 1. The standard InChI is InChI=1S/C19H31N3O3/c1-13(22-9-8-17(20)19(2,3)12-22)18(23)21-11-14-6-7-15(24-4)16(10-14)25-5/h6-7,10,13,17H,8-9,11-12,20H2,1-5H3,(H,21,23).